The molecule has 2 saturated carbocycles. The average Bonchev–Trinajstić information content (AvgIpc) is 2.53. The zero-order chi connectivity index (χ0) is 15.2. The molecule has 21 heavy (non-hydrogen) atoms. The van der Waals surface area contributed by atoms with Crippen molar-refractivity contribution in [3.05, 3.63) is 0 Å². The first-order chi connectivity index (χ1) is 10.1. The third kappa shape index (κ3) is 4.00. The smallest absolute Gasteiger partial charge is 0.306 e. The number of carboxylic acid groups (broad SMARTS) is 1. The van der Waals surface area contributed by atoms with Crippen LogP contribution in [0.1, 0.15) is 57.8 Å². The molecule has 1 amide bonds. The fourth-order valence-corrected chi connectivity index (χ4v) is 3.75. The molecule has 0 aromatic carbocycles. The lowest BCUT2D eigenvalue weighted by Gasteiger charge is -2.37. The van der Waals surface area contributed by atoms with Crippen molar-refractivity contribution in [1.82, 2.24) is 4.90 Å². The fraction of sp³-hybridized carbons (Fsp3) is 0.765. The molecule has 2 fully saturated rings. The van der Waals surface area contributed by atoms with Crippen molar-refractivity contribution in [3.63, 3.8) is 0 Å². The number of carbonyl (C=O) groups excluding carboxylic acids is 1. The molecule has 0 aromatic heterocycles. The Kier molecular flexibility index (Phi) is 5.67. The van der Waals surface area contributed by atoms with Crippen LogP contribution in [0, 0.1) is 24.2 Å². The Morgan fingerprint density at radius 1 is 1.05 bits per heavy atom. The summed E-state index contributed by atoms with van der Waals surface area (Å²) in [5.41, 5.74) is 0. The van der Waals surface area contributed by atoms with Crippen LogP contribution in [0.2, 0.25) is 0 Å². The van der Waals surface area contributed by atoms with Gasteiger partial charge >= 0.3 is 5.97 Å². The standard InChI is InChI=1S/C17H25NO3/c1-2-11-18(15-9-4-3-5-10-15)16(19)13-7-6-8-14(12-13)17(20)21/h1,13-15H,3-12H2,(H,20,21). The number of hydrogen-bond acceptors (Lipinski definition) is 2. The maximum absolute atomic E-state index is 12.8. The largest absolute Gasteiger partial charge is 0.481 e. The Morgan fingerprint density at radius 2 is 1.71 bits per heavy atom. The summed E-state index contributed by atoms with van der Waals surface area (Å²) in [5.74, 6) is 1.40. The van der Waals surface area contributed by atoms with Crippen LogP contribution in [0.15, 0.2) is 0 Å². The van der Waals surface area contributed by atoms with E-state index in [1.807, 2.05) is 4.90 Å². The molecule has 0 bridgehead atoms. The first-order valence-corrected chi connectivity index (χ1v) is 8.10. The molecule has 4 heteroatoms. The van der Waals surface area contributed by atoms with Crippen LogP contribution in [0.25, 0.3) is 0 Å². The predicted molar refractivity (Wildman–Crippen MR) is 80.5 cm³/mol. The van der Waals surface area contributed by atoms with E-state index in [1.165, 1.54) is 6.42 Å². The molecule has 116 valence electrons. The van der Waals surface area contributed by atoms with Crippen molar-refractivity contribution < 1.29 is 14.7 Å². The summed E-state index contributed by atoms with van der Waals surface area (Å²) in [6.07, 6.45) is 13.8. The summed E-state index contributed by atoms with van der Waals surface area (Å²) in [7, 11) is 0. The predicted octanol–water partition coefficient (Wildman–Crippen LogP) is 2.67. The minimum atomic E-state index is -0.770. The molecule has 2 aliphatic carbocycles. The molecule has 0 saturated heterocycles. The lowest BCUT2D eigenvalue weighted by atomic mass is 9.80. The Bertz CT molecular complexity index is 420. The molecular formula is C17H25NO3. The van der Waals surface area contributed by atoms with Crippen LogP contribution < -0.4 is 0 Å². The van der Waals surface area contributed by atoms with Crippen LogP contribution in [-0.2, 0) is 9.59 Å². The van der Waals surface area contributed by atoms with Gasteiger partial charge < -0.3 is 10.0 Å². The Hall–Kier alpha value is -1.50. The second-order valence-electron chi connectivity index (χ2n) is 6.36. The van der Waals surface area contributed by atoms with Gasteiger partial charge in [0.15, 0.2) is 0 Å². The van der Waals surface area contributed by atoms with Crippen molar-refractivity contribution in [2.75, 3.05) is 6.54 Å². The molecule has 2 atom stereocenters. The zero-order valence-corrected chi connectivity index (χ0v) is 12.6. The van der Waals surface area contributed by atoms with Crippen LogP contribution in [0.4, 0.5) is 0 Å². The topological polar surface area (TPSA) is 57.6 Å². The molecule has 0 aromatic rings. The minimum Gasteiger partial charge on any atom is -0.481 e. The molecule has 2 unspecified atom stereocenters. The first kappa shape index (κ1) is 15.9. The Balaban J connectivity index is 2.03. The second-order valence-corrected chi connectivity index (χ2v) is 6.36. The van der Waals surface area contributed by atoms with Crippen molar-refractivity contribution in [2.24, 2.45) is 11.8 Å². The summed E-state index contributed by atoms with van der Waals surface area (Å²) in [6.45, 7) is 0.359. The van der Waals surface area contributed by atoms with Gasteiger partial charge in [0.25, 0.3) is 0 Å². The SMILES string of the molecule is C#CCN(C(=O)C1CCCC(C(=O)O)C1)C1CCCCC1. The lowest BCUT2D eigenvalue weighted by molar-refractivity contribution is -0.146. The molecule has 4 nitrogen and oxygen atoms in total. The molecule has 0 spiro atoms. The fourth-order valence-electron chi connectivity index (χ4n) is 3.75. The van der Waals surface area contributed by atoms with Crippen LogP contribution in [0.5, 0.6) is 0 Å². The van der Waals surface area contributed by atoms with Crippen molar-refractivity contribution in [2.45, 2.75) is 63.8 Å². The summed E-state index contributed by atoms with van der Waals surface area (Å²) in [4.78, 5) is 25.8. The van der Waals surface area contributed by atoms with Crippen LogP contribution in [-0.4, -0.2) is 34.5 Å². The number of carboxylic acids is 1. The van der Waals surface area contributed by atoms with Crippen LogP contribution in [0.3, 0.4) is 0 Å². The van der Waals surface area contributed by atoms with E-state index >= 15 is 0 Å². The summed E-state index contributed by atoms with van der Waals surface area (Å²) in [5, 5.41) is 9.17. The molecule has 1 N–H and O–H groups in total. The normalized spacial score (nSPS) is 26.8. The van der Waals surface area contributed by atoms with E-state index in [-0.39, 0.29) is 23.8 Å². The number of hydrogen-bond donors (Lipinski definition) is 1. The van der Waals surface area contributed by atoms with Crippen molar-refractivity contribution >= 4 is 11.9 Å². The van der Waals surface area contributed by atoms with E-state index < -0.39 is 5.97 Å². The number of terminal acetylenes is 1. The summed E-state index contributed by atoms with van der Waals surface area (Å²) < 4.78 is 0. The third-order valence-electron chi connectivity index (χ3n) is 4.93. The number of carbonyl (C=O) groups is 2. The highest BCUT2D eigenvalue weighted by atomic mass is 16.4. The lowest BCUT2D eigenvalue weighted by Crippen LogP contribution is -2.46. The molecular weight excluding hydrogens is 266 g/mol. The van der Waals surface area contributed by atoms with E-state index in [2.05, 4.69) is 5.92 Å². The minimum absolute atomic E-state index is 0.0887. The van der Waals surface area contributed by atoms with Gasteiger partial charge in [-0.05, 0) is 32.1 Å². The van der Waals surface area contributed by atoms with Gasteiger partial charge in [-0.2, -0.15) is 0 Å². The number of amides is 1. The van der Waals surface area contributed by atoms with Crippen molar-refractivity contribution in [3.8, 4) is 12.3 Å². The number of nitrogens with zero attached hydrogens (tertiary/aromatic N) is 1. The summed E-state index contributed by atoms with van der Waals surface area (Å²) in [6, 6.07) is 0.257. The molecule has 0 heterocycles. The highest BCUT2D eigenvalue weighted by molar-refractivity contribution is 5.81. The monoisotopic (exact) mass is 291 g/mol. The van der Waals surface area contributed by atoms with Crippen LogP contribution >= 0.6 is 0 Å². The Labute approximate surface area is 126 Å². The van der Waals surface area contributed by atoms with Crippen molar-refractivity contribution in [1.29, 1.82) is 0 Å². The summed E-state index contributed by atoms with van der Waals surface area (Å²) >= 11 is 0. The van der Waals surface area contributed by atoms with E-state index in [1.54, 1.807) is 0 Å². The third-order valence-corrected chi connectivity index (χ3v) is 4.93. The second kappa shape index (κ2) is 7.49. The highest BCUT2D eigenvalue weighted by Gasteiger charge is 2.35. The molecule has 2 aliphatic rings. The highest BCUT2D eigenvalue weighted by Crippen LogP contribution is 2.32. The van der Waals surface area contributed by atoms with E-state index in [0.717, 1.165) is 38.5 Å². The molecule has 0 radical (unpaired) electrons. The quantitative estimate of drug-likeness (QED) is 0.810. The van der Waals surface area contributed by atoms with Gasteiger partial charge in [0, 0.05) is 12.0 Å². The van der Waals surface area contributed by atoms with Gasteiger partial charge in [-0.3, -0.25) is 9.59 Å². The van der Waals surface area contributed by atoms with E-state index in [0.29, 0.717) is 19.4 Å². The molecule has 0 aliphatic heterocycles. The maximum Gasteiger partial charge on any atom is 0.306 e. The zero-order valence-electron chi connectivity index (χ0n) is 12.6. The van der Waals surface area contributed by atoms with Gasteiger partial charge in [-0.15, -0.1) is 6.42 Å². The first-order valence-electron chi connectivity index (χ1n) is 8.10. The van der Waals surface area contributed by atoms with E-state index in [4.69, 9.17) is 6.42 Å². The molecule has 2 rings (SSSR count). The van der Waals surface area contributed by atoms with E-state index in [9.17, 15) is 14.7 Å². The van der Waals surface area contributed by atoms with Gasteiger partial charge in [0.1, 0.15) is 0 Å². The number of aliphatic carboxylic acids is 1. The maximum atomic E-state index is 12.8. The van der Waals surface area contributed by atoms with Gasteiger partial charge in [-0.1, -0.05) is 31.6 Å². The Morgan fingerprint density at radius 3 is 2.33 bits per heavy atom. The van der Waals surface area contributed by atoms with Gasteiger partial charge in [0.2, 0.25) is 5.91 Å². The average molecular weight is 291 g/mol. The van der Waals surface area contributed by atoms with Gasteiger partial charge in [0.05, 0.1) is 12.5 Å². The van der Waals surface area contributed by atoms with Gasteiger partial charge in [-0.25, -0.2) is 0 Å². The number of rotatable bonds is 4.